The van der Waals surface area contributed by atoms with Gasteiger partial charge in [-0.3, -0.25) is 4.79 Å². The fourth-order valence-corrected chi connectivity index (χ4v) is 6.97. The van der Waals surface area contributed by atoms with E-state index in [9.17, 15) is 13.2 Å². The molecule has 0 spiro atoms. The van der Waals surface area contributed by atoms with E-state index < -0.39 is 9.84 Å². The summed E-state index contributed by atoms with van der Waals surface area (Å²) in [5, 5.41) is 8.43. The van der Waals surface area contributed by atoms with Crippen molar-refractivity contribution in [3.05, 3.63) is 96.2 Å². The molecule has 1 saturated heterocycles. The Hall–Kier alpha value is -4.50. The summed E-state index contributed by atoms with van der Waals surface area (Å²) >= 11 is 0. The van der Waals surface area contributed by atoms with E-state index in [0.29, 0.717) is 45.8 Å². The van der Waals surface area contributed by atoms with Crippen LogP contribution < -0.4 is 10.1 Å². The Morgan fingerprint density at radius 3 is 2.40 bits per heavy atom. The molecule has 1 atom stereocenters. The van der Waals surface area contributed by atoms with Crippen molar-refractivity contribution in [2.24, 2.45) is 0 Å². The molecule has 1 aliphatic heterocycles. The summed E-state index contributed by atoms with van der Waals surface area (Å²) in [4.78, 5) is 18.9. The summed E-state index contributed by atoms with van der Waals surface area (Å²) in [6.07, 6.45) is 0.457. The minimum absolute atomic E-state index is 0.00362. The number of carbonyl (C=O) groups is 1. The number of nitrogens with one attached hydrogen (secondary N) is 1. The number of carbonyl (C=O) groups excluding carboxylic acids is 1. The second-order valence-corrected chi connectivity index (χ2v) is 12.2. The van der Waals surface area contributed by atoms with Crippen LogP contribution in [0.15, 0.2) is 84.9 Å². The molecule has 3 aromatic carbocycles. The van der Waals surface area contributed by atoms with E-state index in [-0.39, 0.29) is 23.5 Å². The molecule has 0 bridgehead atoms. The highest BCUT2D eigenvalue weighted by Crippen LogP contribution is 2.34. The number of sulfone groups is 1. The molecular formula is C31H28N4O4S. The van der Waals surface area contributed by atoms with Crippen molar-refractivity contribution < 1.29 is 17.9 Å². The van der Waals surface area contributed by atoms with Crippen LogP contribution in [-0.4, -0.2) is 47.7 Å². The van der Waals surface area contributed by atoms with Gasteiger partial charge >= 0.3 is 0 Å². The summed E-state index contributed by atoms with van der Waals surface area (Å²) in [5.41, 5.74) is 5.49. The lowest BCUT2D eigenvalue weighted by molar-refractivity contribution is 0.102. The molecule has 202 valence electrons. The molecule has 5 aromatic rings. The third-order valence-electron chi connectivity index (χ3n) is 7.28. The molecule has 9 heteroatoms. The van der Waals surface area contributed by atoms with Gasteiger partial charge in [0.2, 0.25) is 0 Å². The number of para-hydroxylation sites is 1. The van der Waals surface area contributed by atoms with Crippen molar-refractivity contribution in [3.8, 4) is 28.1 Å². The first-order valence-electron chi connectivity index (χ1n) is 13.0. The van der Waals surface area contributed by atoms with Crippen molar-refractivity contribution in [3.63, 3.8) is 0 Å². The highest BCUT2D eigenvalue weighted by atomic mass is 32.2. The number of methoxy groups -OCH3 is 1. The van der Waals surface area contributed by atoms with E-state index >= 15 is 0 Å². The third-order valence-corrected chi connectivity index (χ3v) is 9.03. The number of benzene rings is 3. The summed E-state index contributed by atoms with van der Waals surface area (Å²) in [6.45, 7) is 1.83. The Kier molecular flexibility index (Phi) is 6.59. The highest BCUT2D eigenvalue weighted by Gasteiger charge is 2.32. The van der Waals surface area contributed by atoms with Gasteiger partial charge in [0.25, 0.3) is 5.91 Å². The molecule has 6 rings (SSSR count). The van der Waals surface area contributed by atoms with Gasteiger partial charge in [-0.25, -0.2) is 18.1 Å². The van der Waals surface area contributed by atoms with Gasteiger partial charge in [-0.1, -0.05) is 48.5 Å². The van der Waals surface area contributed by atoms with Crippen LogP contribution in [0.4, 0.5) is 5.69 Å². The average molecular weight is 553 g/mol. The standard InChI is InChI=1S/C31H28N4O4S/c1-20-29-26(31(36)33-27-11-7-6-10-25(27)21-8-4-3-5-9-21)18-28(22-12-14-24(39-2)15-13-22)32-30(29)35(34-20)23-16-17-40(37,38)19-23/h3-15,18,23H,16-17,19H2,1-2H3,(H,33,36). The summed E-state index contributed by atoms with van der Waals surface area (Å²) in [5.74, 6) is 0.522. The molecule has 0 radical (unpaired) electrons. The van der Waals surface area contributed by atoms with Crippen LogP contribution in [0.3, 0.4) is 0 Å². The Labute approximate surface area is 232 Å². The fraction of sp³-hybridized carbons (Fsp3) is 0.194. The van der Waals surface area contributed by atoms with Crippen LogP contribution in [0.2, 0.25) is 0 Å². The van der Waals surface area contributed by atoms with Gasteiger partial charge in [-0.05, 0) is 55.3 Å². The van der Waals surface area contributed by atoms with Crippen molar-refractivity contribution in [1.29, 1.82) is 0 Å². The Bertz CT molecular complexity index is 1830. The second kappa shape index (κ2) is 10.2. The quantitative estimate of drug-likeness (QED) is 0.290. The highest BCUT2D eigenvalue weighted by molar-refractivity contribution is 7.91. The predicted octanol–water partition coefficient (Wildman–Crippen LogP) is 5.69. The zero-order chi connectivity index (χ0) is 27.9. The van der Waals surface area contributed by atoms with Gasteiger partial charge in [0.1, 0.15) is 5.75 Å². The summed E-state index contributed by atoms with van der Waals surface area (Å²) in [7, 11) is -1.55. The first kappa shape index (κ1) is 25.8. The normalized spacial score (nSPS) is 16.2. The van der Waals surface area contributed by atoms with Gasteiger partial charge < -0.3 is 10.1 Å². The van der Waals surface area contributed by atoms with Crippen LogP contribution in [0.1, 0.15) is 28.5 Å². The maximum Gasteiger partial charge on any atom is 0.256 e. The van der Waals surface area contributed by atoms with Crippen molar-refractivity contribution >= 4 is 32.5 Å². The number of amides is 1. The van der Waals surface area contributed by atoms with Crippen molar-refractivity contribution in [1.82, 2.24) is 14.8 Å². The van der Waals surface area contributed by atoms with Gasteiger partial charge in [0.05, 0.1) is 47.0 Å². The molecular weight excluding hydrogens is 524 g/mol. The molecule has 3 heterocycles. The number of ether oxygens (including phenoxy) is 1. The molecule has 1 amide bonds. The number of pyridine rings is 1. The van der Waals surface area contributed by atoms with Crippen LogP contribution in [0.5, 0.6) is 5.75 Å². The number of aromatic nitrogens is 3. The maximum absolute atomic E-state index is 14.0. The number of fused-ring (bicyclic) bond motifs is 1. The molecule has 1 aliphatic rings. The SMILES string of the molecule is COc1ccc(-c2cc(C(=O)Nc3ccccc3-c3ccccc3)c3c(C)nn(C4CCS(=O)(=O)C4)c3n2)cc1. The van der Waals surface area contributed by atoms with E-state index in [4.69, 9.17) is 14.8 Å². The zero-order valence-corrected chi connectivity index (χ0v) is 23.0. The smallest absolute Gasteiger partial charge is 0.256 e. The van der Waals surface area contributed by atoms with Gasteiger partial charge in [0.15, 0.2) is 15.5 Å². The number of hydrogen-bond donors (Lipinski definition) is 1. The minimum Gasteiger partial charge on any atom is -0.497 e. The van der Waals surface area contributed by atoms with E-state index in [1.165, 1.54) is 0 Å². The minimum atomic E-state index is -3.15. The number of aryl methyl sites for hydroxylation is 1. The largest absolute Gasteiger partial charge is 0.497 e. The first-order valence-corrected chi connectivity index (χ1v) is 14.9. The maximum atomic E-state index is 14.0. The first-order chi connectivity index (χ1) is 19.3. The van der Waals surface area contributed by atoms with Crippen molar-refractivity contribution in [2.45, 2.75) is 19.4 Å². The number of rotatable bonds is 6. The van der Waals surface area contributed by atoms with E-state index in [2.05, 4.69) is 5.32 Å². The van der Waals surface area contributed by atoms with Crippen LogP contribution in [0.25, 0.3) is 33.4 Å². The Morgan fingerprint density at radius 1 is 0.975 bits per heavy atom. The monoisotopic (exact) mass is 552 g/mol. The third kappa shape index (κ3) is 4.84. The van der Waals surface area contributed by atoms with E-state index in [0.717, 1.165) is 16.7 Å². The Balaban J connectivity index is 1.49. The fourth-order valence-electron chi connectivity index (χ4n) is 5.28. The average Bonchev–Trinajstić information content (AvgIpc) is 3.51. The molecule has 1 unspecified atom stereocenters. The molecule has 2 aromatic heterocycles. The molecule has 1 N–H and O–H groups in total. The van der Waals surface area contributed by atoms with E-state index in [1.807, 2.05) is 85.8 Å². The molecule has 40 heavy (non-hydrogen) atoms. The second-order valence-electron chi connectivity index (χ2n) is 9.93. The number of anilines is 1. The lowest BCUT2D eigenvalue weighted by atomic mass is 10.0. The molecule has 8 nitrogen and oxygen atoms in total. The van der Waals surface area contributed by atoms with Crippen LogP contribution in [0, 0.1) is 6.92 Å². The lowest BCUT2D eigenvalue weighted by Crippen LogP contribution is -2.15. The Morgan fingerprint density at radius 2 is 1.70 bits per heavy atom. The van der Waals surface area contributed by atoms with E-state index in [1.54, 1.807) is 17.9 Å². The topological polar surface area (TPSA) is 103 Å². The van der Waals surface area contributed by atoms with Gasteiger partial charge in [0, 0.05) is 16.8 Å². The summed E-state index contributed by atoms with van der Waals surface area (Å²) < 4.78 is 31.6. The van der Waals surface area contributed by atoms with Crippen LogP contribution in [-0.2, 0) is 9.84 Å². The van der Waals surface area contributed by atoms with Crippen molar-refractivity contribution in [2.75, 3.05) is 23.9 Å². The molecule has 1 fully saturated rings. The number of hydrogen-bond acceptors (Lipinski definition) is 6. The molecule has 0 saturated carbocycles. The van der Waals surface area contributed by atoms with Gasteiger partial charge in [-0.15, -0.1) is 0 Å². The number of nitrogens with zero attached hydrogens (tertiary/aromatic N) is 3. The zero-order valence-electron chi connectivity index (χ0n) is 22.2. The predicted molar refractivity (Wildman–Crippen MR) is 156 cm³/mol. The lowest BCUT2D eigenvalue weighted by Gasteiger charge is -2.14. The van der Waals surface area contributed by atoms with Crippen LogP contribution >= 0.6 is 0 Å². The summed E-state index contributed by atoms with van der Waals surface area (Å²) in [6, 6.07) is 26.4. The van der Waals surface area contributed by atoms with Gasteiger partial charge in [-0.2, -0.15) is 5.10 Å². The molecule has 0 aliphatic carbocycles.